The lowest BCUT2D eigenvalue weighted by atomic mass is 10.2. The fourth-order valence-electron chi connectivity index (χ4n) is 1.30. The van der Waals surface area contributed by atoms with Gasteiger partial charge in [-0.25, -0.2) is 0 Å². The smallest absolute Gasteiger partial charge is 0.325 e. The van der Waals surface area contributed by atoms with Crippen molar-refractivity contribution in [3.63, 3.8) is 0 Å². The van der Waals surface area contributed by atoms with E-state index in [0.29, 0.717) is 18.1 Å². The Morgan fingerprint density at radius 2 is 1.76 bits per heavy atom. The summed E-state index contributed by atoms with van der Waals surface area (Å²) in [7, 11) is 3.15. The van der Waals surface area contributed by atoms with Crippen molar-refractivity contribution in [2.45, 2.75) is 6.92 Å². The van der Waals surface area contributed by atoms with Gasteiger partial charge in [-0.2, -0.15) is 0 Å². The first kappa shape index (κ1) is 13.2. The van der Waals surface area contributed by atoms with Crippen LogP contribution < -0.4 is 14.8 Å². The number of ether oxygens (including phenoxy) is 3. The third-order valence-corrected chi connectivity index (χ3v) is 2.09. The van der Waals surface area contributed by atoms with Gasteiger partial charge in [-0.15, -0.1) is 0 Å². The minimum absolute atomic E-state index is 0.115. The first-order valence-electron chi connectivity index (χ1n) is 5.32. The Kier molecular flexibility index (Phi) is 5.13. The molecule has 0 aromatic heterocycles. The summed E-state index contributed by atoms with van der Waals surface area (Å²) in [5.41, 5.74) is 0.745. The lowest BCUT2D eigenvalue weighted by Gasteiger charge is -2.10. The van der Waals surface area contributed by atoms with Crippen LogP contribution in [-0.2, 0) is 9.53 Å². The van der Waals surface area contributed by atoms with Crippen LogP contribution in [0.15, 0.2) is 18.2 Å². The van der Waals surface area contributed by atoms with Gasteiger partial charge >= 0.3 is 5.97 Å². The van der Waals surface area contributed by atoms with Crippen LogP contribution in [0.4, 0.5) is 5.69 Å². The summed E-state index contributed by atoms with van der Waals surface area (Å²) in [4.78, 5) is 11.2. The number of carbonyl (C=O) groups excluding carboxylic acids is 1. The normalized spacial score (nSPS) is 9.59. The van der Waals surface area contributed by atoms with Crippen LogP contribution in [-0.4, -0.2) is 33.3 Å². The average Bonchev–Trinajstić information content (AvgIpc) is 2.36. The van der Waals surface area contributed by atoms with Crippen LogP contribution in [0.2, 0.25) is 0 Å². The number of hydrogen-bond acceptors (Lipinski definition) is 5. The van der Waals surface area contributed by atoms with Crippen molar-refractivity contribution >= 4 is 11.7 Å². The molecule has 0 bridgehead atoms. The van der Waals surface area contributed by atoms with Crippen molar-refractivity contribution in [2.75, 3.05) is 32.7 Å². The lowest BCUT2D eigenvalue weighted by molar-refractivity contribution is -0.140. The van der Waals surface area contributed by atoms with Crippen molar-refractivity contribution in [3.8, 4) is 11.5 Å². The quantitative estimate of drug-likeness (QED) is 0.765. The van der Waals surface area contributed by atoms with Gasteiger partial charge in [-0.05, 0) is 6.92 Å². The van der Waals surface area contributed by atoms with Gasteiger partial charge in [0, 0.05) is 23.9 Å². The largest absolute Gasteiger partial charge is 0.497 e. The molecule has 94 valence electrons. The number of esters is 1. The van der Waals surface area contributed by atoms with Crippen LogP contribution in [0.25, 0.3) is 0 Å². The molecule has 1 N–H and O–H groups in total. The molecule has 5 heteroatoms. The van der Waals surface area contributed by atoms with E-state index in [1.54, 1.807) is 39.3 Å². The van der Waals surface area contributed by atoms with E-state index < -0.39 is 0 Å². The predicted molar refractivity (Wildman–Crippen MR) is 64.7 cm³/mol. The van der Waals surface area contributed by atoms with Gasteiger partial charge in [0.05, 0.1) is 20.8 Å². The van der Waals surface area contributed by atoms with Gasteiger partial charge in [0.1, 0.15) is 18.0 Å². The van der Waals surface area contributed by atoms with Gasteiger partial charge in [0.2, 0.25) is 0 Å². The van der Waals surface area contributed by atoms with Gasteiger partial charge in [0.25, 0.3) is 0 Å². The van der Waals surface area contributed by atoms with Crippen molar-refractivity contribution in [3.05, 3.63) is 18.2 Å². The topological polar surface area (TPSA) is 56.8 Å². The predicted octanol–water partition coefficient (Wildman–Crippen LogP) is 1.68. The molecule has 0 unspecified atom stereocenters. The molecule has 0 heterocycles. The molecule has 0 aliphatic rings. The maximum absolute atomic E-state index is 11.2. The summed E-state index contributed by atoms with van der Waals surface area (Å²) in [6.07, 6.45) is 0. The summed E-state index contributed by atoms with van der Waals surface area (Å²) in [5.74, 6) is 1.03. The monoisotopic (exact) mass is 239 g/mol. The maximum atomic E-state index is 11.2. The fourth-order valence-corrected chi connectivity index (χ4v) is 1.30. The van der Waals surface area contributed by atoms with Crippen molar-refractivity contribution in [1.82, 2.24) is 0 Å². The highest BCUT2D eigenvalue weighted by molar-refractivity contribution is 5.75. The molecule has 0 saturated heterocycles. The van der Waals surface area contributed by atoms with Crippen LogP contribution >= 0.6 is 0 Å². The fraction of sp³-hybridized carbons (Fsp3) is 0.417. The van der Waals surface area contributed by atoms with E-state index in [1.165, 1.54) is 0 Å². The number of hydrogen-bond donors (Lipinski definition) is 1. The molecule has 0 spiro atoms. The van der Waals surface area contributed by atoms with Crippen LogP contribution in [0.3, 0.4) is 0 Å². The average molecular weight is 239 g/mol. The molecule has 1 rings (SSSR count). The van der Waals surface area contributed by atoms with Crippen molar-refractivity contribution in [2.24, 2.45) is 0 Å². The molecule has 0 aliphatic heterocycles. The second-order valence-electron chi connectivity index (χ2n) is 3.26. The Bertz CT molecular complexity index is 357. The van der Waals surface area contributed by atoms with E-state index in [1.807, 2.05) is 0 Å². The summed E-state index contributed by atoms with van der Waals surface area (Å²) in [6, 6.07) is 5.32. The zero-order valence-electron chi connectivity index (χ0n) is 10.3. The molecular weight excluding hydrogens is 222 g/mol. The van der Waals surface area contributed by atoms with E-state index in [4.69, 9.17) is 14.2 Å². The van der Waals surface area contributed by atoms with Gasteiger partial charge < -0.3 is 19.5 Å². The summed E-state index contributed by atoms with van der Waals surface area (Å²) >= 11 is 0. The molecule has 0 fully saturated rings. The number of methoxy groups -OCH3 is 2. The number of nitrogens with one attached hydrogen (secondary N) is 1. The number of carbonyl (C=O) groups is 1. The highest BCUT2D eigenvalue weighted by atomic mass is 16.5. The van der Waals surface area contributed by atoms with Gasteiger partial charge in [-0.1, -0.05) is 0 Å². The summed E-state index contributed by atoms with van der Waals surface area (Å²) < 4.78 is 15.0. The van der Waals surface area contributed by atoms with Crippen LogP contribution in [0.1, 0.15) is 6.92 Å². The van der Waals surface area contributed by atoms with E-state index in [-0.39, 0.29) is 12.5 Å². The second kappa shape index (κ2) is 6.62. The number of benzene rings is 1. The minimum Gasteiger partial charge on any atom is -0.497 e. The Morgan fingerprint density at radius 1 is 1.18 bits per heavy atom. The molecule has 0 amide bonds. The van der Waals surface area contributed by atoms with Crippen molar-refractivity contribution in [1.29, 1.82) is 0 Å². The van der Waals surface area contributed by atoms with Crippen molar-refractivity contribution < 1.29 is 19.0 Å². The molecule has 17 heavy (non-hydrogen) atoms. The first-order chi connectivity index (χ1) is 8.19. The molecule has 5 nitrogen and oxygen atoms in total. The molecule has 1 aromatic carbocycles. The van der Waals surface area contributed by atoms with Gasteiger partial charge in [0.15, 0.2) is 0 Å². The van der Waals surface area contributed by atoms with Gasteiger partial charge in [-0.3, -0.25) is 4.79 Å². The SMILES string of the molecule is CCOC(=O)CNc1cc(OC)cc(OC)c1. The third-order valence-electron chi connectivity index (χ3n) is 2.09. The highest BCUT2D eigenvalue weighted by Gasteiger charge is 2.04. The van der Waals surface area contributed by atoms with E-state index >= 15 is 0 Å². The third kappa shape index (κ3) is 4.22. The molecular formula is C12H17NO4. The lowest BCUT2D eigenvalue weighted by Crippen LogP contribution is -2.16. The summed E-state index contributed by atoms with van der Waals surface area (Å²) in [5, 5.41) is 2.94. The van der Waals surface area contributed by atoms with Crippen LogP contribution in [0.5, 0.6) is 11.5 Å². The molecule has 1 aromatic rings. The van der Waals surface area contributed by atoms with E-state index in [2.05, 4.69) is 5.32 Å². The molecule has 0 aliphatic carbocycles. The Morgan fingerprint density at radius 3 is 2.24 bits per heavy atom. The molecule has 0 saturated carbocycles. The first-order valence-corrected chi connectivity index (χ1v) is 5.32. The standard InChI is InChI=1S/C12H17NO4/c1-4-17-12(14)8-13-9-5-10(15-2)7-11(6-9)16-3/h5-7,13H,4,8H2,1-3H3. The highest BCUT2D eigenvalue weighted by Crippen LogP contribution is 2.25. The Balaban J connectivity index is 2.66. The second-order valence-corrected chi connectivity index (χ2v) is 3.26. The summed E-state index contributed by atoms with van der Waals surface area (Å²) in [6.45, 7) is 2.26. The van der Waals surface area contributed by atoms with E-state index in [9.17, 15) is 4.79 Å². The maximum Gasteiger partial charge on any atom is 0.325 e. The Hall–Kier alpha value is -1.91. The molecule has 0 radical (unpaired) electrons. The minimum atomic E-state index is -0.297. The Labute approximate surface area is 101 Å². The number of anilines is 1. The number of rotatable bonds is 6. The van der Waals surface area contributed by atoms with E-state index in [0.717, 1.165) is 5.69 Å². The zero-order chi connectivity index (χ0) is 12.7. The molecule has 0 atom stereocenters. The zero-order valence-corrected chi connectivity index (χ0v) is 10.3. The van der Waals surface area contributed by atoms with Crippen LogP contribution in [0, 0.1) is 0 Å².